The van der Waals surface area contributed by atoms with Gasteiger partial charge >= 0.3 is 0 Å². The zero-order chi connectivity index (χ0) is 13.7. The molecular formula is C17H20O2. The van der Waals surface area contributed by atoms with Gasteiger partial charge in [0.05, 0.1) is 13.7 Å². The Hall–Kier alpha value is -1.80. The Kier molecular flexibility index (Phi) is 4.58. The first-order chi connectivity index (χ1) is 9.24. The van der Waals surface area contributed by atoms with Crippen LogP contribution in [0, 0.1) is 6.92 Å². The van der Waals surface area contributed by atoms with E-state index in [1.54, 1.807) is 7.11 Å². The summed E-state index contributed by atoms with van der Waals surface area (Å²) in [6.45, 7) is 2.21. The first-order valence-corrected chi connectivity index (χ1v) is 6.54. The first-order valence-electron chi connectivity index (χ1n) is 6.54. The van der Waals surface area contributed by atoms with Crippen molar-refractivity contribution in [2.45, 2.75) is 19.3 Å². The summed E-state index contributed by atoms with van der Waals surface area (Å²) in [5.74, 6) is 0.991. The molecule has 0 spiro atoms. The van der Waals surface area contributed by atoms with E-state index in [2.05, 4.69) is 37.3 Å². The number of hydrogen-bond acceptors (Lipinski definition) is 2. The number of aliphatic hydroxyl groups is 1. The molecule has 100 valence electrons. The van der Waals surface area contributed by atoms with Crippen molar-refractivity contribution in [2.24, 2.45) is 0 Å². The van der Waals surface area contributed by atoms with Gasteiger partial charge in [0.15, 0.2) is 0 Å². The average Bonchev–Trinajstić information content (AvgIpc) is 2.46. The minimum Gasteiger partial charge on any atom is -0.496 e. The monoisotopic (exact) mass is 256 g/mol. The summed E-state index contributed by atoms with van der Waals surface area (Å²) in [6, 6.07) is 16.3. The van der Waals surface area contributed by atoms with Gasteiger partial charge in [-0.2, -0.15) is 0 Å². The third-order valence-corrected chi connectivity index (χ3v) is 3.43. The van der Waals surface area contributed by atoms with E-state index in [1.165, 1.54) is 11.1 Å². The highest BCUT2D eigenvalue weighted by Crippen LogP contribution is 2.26. The standard InChI is InChI=1S/C17H20O2/c1-13-7-9-14(10-8-13)16(12-18)11-15-5-3-4-6-17(15)19-2/h3-10,16,18H,11-12H2,1-2H3. The number of methoxy groups -OCH3 is 1. The molecule has 0 saturated heterocycles. The van der Waals surface area contributed by atoms with Gasteiger partial charge in [0.2, 0.25) is 0 Å². The van der Waals surface area contributed by atoms with Crippen LogP contribution in [0.15, 0.2) is 48.5 Å². The van der Waals surface area contributed by atoms with Gasteiger partial charge in [-0.05, 0) is 30.5 Å². The predicted molar refractivity (Wildman–Crippen MR) is 77.7 cm³/mol. The lowest BCUT2D eigenvalue weighted by molar-refractivity contribution is 0.263. The van der Waals surface area contributed by atoms with E-state index >= 15 is 0 Å². The van der Waals surface area contributed by atoms with Gasteiger partial charge in [-0.1, -0.05) is 48.0 Å². The lowest BCUT2D eigenvalue weighted by Crippen LogP contribution is -2.08. The summed E-state index contributed by atoms with van der Waals surface area (Å²) in [4.78, 5) is 0. The molecule has 2 heteroatoms. The Bertz CT molecular complexity index is 517. The zero-order valence-electron chi connectivity index (χ0n) is 11.5. The van der Waals surface area contributed by atoms with Crippen molar-refractivity contribution in [2.75, 3.05) is 13.7 Å². The summed E-state index contributed by atoms with van der Waals surface area (Å²) in [6.07, 6.45) is 0.781. The molecular weight excluding hydrogens is 236 g/mol. The Morgan fingerprint density at radius 2 is 1.74 bits per heavy atom. The summed E-state index contributed by atoms with van der Waals surface area (Å²) >= 11 is 0. The van der Waals surface area contributed by atoms with Crippen LogP contribution in [0.25, 0.3) is 0 Å². The smallest absolute Gasteiger partial charge is 0.122 e. The number of aliphatic hydroxyl groups excluding tert-OH is 1. The molecule has 0 amide bonds. The molecule has 0 aliphatic heterocycles. The molecule has 0 saturated carbocycles. The van der Waals surface area contributed by atoms with Crippen LogP contribution in [0.4, 0.5) is 0 Å². The van der Waals surface area contributed by atoms with Crippen molar-refractivity contribution >= 4 is 0 Å². The largest absolute Gasteiger partial charge is 0.496 e. The summed E-state index contributed by atoms with van der Waals surface area (Å²) in [5, 5.41) is 9.63. The minimum atomic E-state index is 0.108. The molecule has 2 aromatic carbocycles. The van der Waals surface area contributed by atoms with Gasteiger partial charge < -0.3 is 9.84 Å². The van der Waals surface area contributed by atoms with Crippen molar-refractivity contribution < 1.29 is 9.84 Å². The molecule has 0 radical (unpaired) electrons. The molecule has 0 aromatic heterocycles. The van der Waals surface area contributed by atoms with E-state index in [4.69, 9.17) is 4.74 Å². The molecule has 2 aromatic rings. The molecule has 0 aliphatic carbocycles. The summed E-state index contributed by atoms with van der Waals surface area (Å²) in [5.41, 5.74) is 3.53. The number of para-hydroxylation sites is 1. The normalized spacial score (nSPS) is 12.2. The van der Waals surface area contributed by atoms with Crippen LogP contribution < -0.4 is 4.74 Å². The van der Waals surface area contributed by atoms with Crippen LogP contribution in [0.3, 0.4) is 0 Å². The molecule has 0 bridgehead atoms. The molecule has 0 heterocycles. The second kappa shape index (κ2) is 6.39. The Morgan fingerprint density at radius 3 is 2.37 bits per heavy atom. The molecule has 1 atom stereocenters. The van der Waals surface area contributed by atoms with Crippen LogP contribution in [0.1, 0.15) is 22.6 Å². The van der Waals surface area contributed by atoms with E-state index in [0.29, 0.717) is 0 Å². The fraction of sp³-hybridized carbons (Fsp3) is 0.294. The first kappa shape index (κ1) is 13.6. The highest BCUT2D eigenvalue weighted by molar-refractivity contribution is 5.35. The van der Waals surface area contributed by atoms with Crippen molar-refractivity contribution in [3.63, 3.8) is 0 Å². The number of ether oxygens (including phenoxy) is 1. The van der Waals surface area contributed by atoms with Crippen LogP contribution >= 0.6 is 0 Å². The van der Waals surface area contributed by atoms with E-state index in [9.17, 15) is 5.11 Å². The second-order valence-electron chi connectivity index (χ2n) is 4.81. The highest BCUT2D eigenvalue weighted by atomic mass is 16.5. The Balaban J connectivity index is 2.21. The van der Waals surface area contributed by atoms with E-state index < -0.39 is 0 Å². The van der Waals surface area contributed by atoms with Gasteiger partial charge in [-0.25, -0.2) is 0 Å². The second-order valence-corrected chi connectivity index (χ2v) is 4.81. The molecule has 19 heavy (non-hydrogen) atoms. The Labute approximate surface area is 114 Å². The van der Waals surface area contributed by atoms with Crippen molar-refractivity contribution in [3.8, 4) is 5.75 Å². The lowest BCUT2D eigenvalue weighted by Gasteiger charge is -2.17. The van der Waals surface area contributed by atoms with Crippen LogP contribution in [-0.4, -0.2) is 18.8 Å². The van der Waals surface area contributed by atoms with Gasteiger partial charge in [-0.15, -0.1) is 0 Å². The molecule has 1 unspecified atom stereocenters. The molecule has 0 fully saturated rings. The SMILES string of the molecule is COc1ccccc1CC(CO)c1ccc(C)cc1. The molecule has 1 N–H and O–H groups in total. The summed E-state index contributed by atoms with van der Waals surface area (Å²) < 4.78 is 5.36. The predicted octanol–water partition coefficient (Wildman–Crippen LogP) is 3.32. The van der Waals surface area contributed by atoms with Crippen molar-refractivity contribution in [3.05, 3.63) is 65.2 Å². The number of benzene rings is 2. The molecule has 0 aliphatic rings. The number of hydrogen-bond donors (Lipinski definition) is 1. The number of aryl methyl sites for hydroxylation is 1. The van der Waals surface area contributed by atoms with E-state index in [1.807, 2.05) is 18.2 Å². The highest BCUT2D eigenvalue weighted by Gasteiger charge is 2.13. The average molecular weight is 256 g/mol. The fourth-order valence-electron chi connectivity index (χ4n) is 2.26. The van der Waals surface area contributed by atoms with Gasteiger partial charge in [0, 0.05) is 5.92 Å². The maximum absolute atomic E-state index is 9.63. The van der Waals surface area contributed by atoms with Crippen LogP contribution in [-0.2, 0) is 6.42 Å². The maximum atomic E-state index is 9.63. The fourth-order valence-corrected chi connectivity index (χ4v) is 2.26. The zero-order valence-corrected chi connectivity index (χ0v) is 11.5. The van der Waals surface area contributed by atoms with Crippen LogP contribution in [0.5, 0.6) is 5.75 Å². The van der Waals surface area contributed by atoms with Crippen molar-refractivity contribution in [1.82, 2.24) is 0 Å². The maximum Gasteiger partial charge on any atom is 0.122 e. The third kappa shape index (κ3) is 3.36. The van der Waals surface area contributed by atoms with Gasteiger partial charge in [-0.3, -0.25) is 0 Å². The van der Waals surface area contributed by atoms with Crippen molar-refractivity contribution in [1.29, 1.82) is 0 Å². The van der Waals surface area contributed by atoms with Crippen LogP contribution in [0.2, 0.25) is 0 Å². The topological polar surface area (TPSA) is 29.5 Å². The Morgan fingerprint density at radius 1 is 1.05 bits per heavy atom. The summed E-state index contributed by atoms with van der Waals surface area (Å²) in [7, 11) is 1.68. The molecule has 2 rings (SSSR count). The minimum absolute atomic E-state index is 0.108. The van der Waals surface area contributed by atoms with Gasteiger partial charge in [0.1, 0.15) is 5.75 Å². The van der Waals surface area contributed by atoms with E-state index in [-0.39, 0.29) is 12.5 Å². The lowest BCUT2D eigenvalue weighted by atomic mass is 9.92. The molecule has 2 nitrogen and oxygen atoms in total. The quantitative estimate of drug-likeness (QED) is 0.889. The third-order valence-electron chi connectivity index (χ3n) is 3.43. The van der Waals surface area contributed by atoms with E-state index in [0.717, 1.165) is 17.7 Å². The number of rotatable bonds is 5. The van der Waals surface area contributed by atoms with Gasteiger partial charge in [0.25, 0.3) is 0 Å².